The molecule has 0 unspecified atom stereocenters. The highest BCUT2D eigenvalue weighted by atomic mass is 35.5. The van der Waals surface area contributed by atoms with Gasteiger partial charge in [0.15, 0.2) is 6.10 Å². The van der Waals surface area contributed by atoms with Crippen molar-refractivity contribution < 1.29 is 22.9 Å². The number of ether oxygens (including phenoxy) is 1. The third kappa shape index (κ3) is 4.89. The molecule has 2 aromatic rings. The van der Waals surface area contributed by atoms with Gasteiger partial charge < -0.3 is 10.1 Å². The van der Waals surface area contributed by atoms with Crippen molar-refractivity contribution in [2.24, 2.45) is 0 Å². The van der Waals surface area contributed by atoms with E-state index < -0.39 is 34.6 Å². The van der Waals surface area contributed by atoms with Crippen LogP contribution in [0.25, 0.3) is 0 Å². The molecule has 0 saturated heterocycles. The van der Waals surface area contributed by atoms with Crippen molar-refractivity contribution in [1.82, 2.24) is 0 Å². The number of hydrogen-bond donors (Lipinski definition) is 1. The number of rotatable bonds is 6. The van der Waals surface area contributed by atoms with Crippen molar-refractivity contribution in [1.29, 1.82) is 0 Å². The van der Waals surface area contributed by atoms with Gasteiger partial charge in [-0.3, -0.25) is 9.00 Å². The lowest BCUT2D eigenvalue weighted by molar-refractivity contribution is -0.123. The molecule has 0 aliphatic heterocycles. The molecular weight excluding hydrogens is 381 g/mol. The number of benzene rings is 2. The molecule has 2 aromatic carbocycles. The second-order valence-electron chi connectivity index (χ2n) is 5.30. The van der Waals surface area contributed by atoms with Gasteiger partial charge in [0.25, 0.3) is 5.91 Å². The lowest BCUT2D eigenvalue weighted by Gasteiger charge is -2.15. The van der Waals surface area contributed by atoms with Crippen molar-refractivity contribution >= 4 is 40.0 Å². The van der Waals surface area contributed by atoms with Crippen LogP contribution in [0.3, 0.4) is 0 Å². The molecule has 1 amide bonds. The zero-order chi connectivity index (χ0) is 19.3. The van der Waals surface area contributed by atoms with Crippen molar-refractivity contribution in [2.45, 2.75) is 24.8 Å². The number of hydrogen-bond acceptors (Lipinski definition) is 4. The van der Waals surface area contributed by atoms with Crippen LogP contribution in [-0.4, -0.2) is 27.9 Å². The Morgan fingerprint density at radius 1 is 1.27 bits per heavy atom. The first-order valence-electron chi connectivity index (χ1n) is 7.77. The Balaban J connectivity index is 2.08. The Morgan fingerprint density at radius 2 is 1.96 bits per heavy atom. The molecular formula is C18H17ClFNO4S. The lowest BCUT2D eigenvalue weighted by Crippen LogP contribution is -2.30. The van der Waals surface area contributed by atoms with Gasteiger partial charge in [0.1, 0.15) is 5.82 Å². The van der Waals surface area contributed by atoms with Crippen LogP contribution in [0.15, 0.2) is 47.4 Å². The van der Waals surface area contributed by atoms with E-state index in [1.54, 1.807) is 25.1 Å². The highest BCUT2D eigenvalue weighted by molar-refractivity contribution is 7.85. The first kappa shape index (κ1) is 20.1. The van der Waals surface area contributed by atoms with Crippen LogP contribution in [0.2, 0.25) is 5.02 Å². The van der Waals surface area contributed by atoms with Gasteiger partial charge in [0.2, 0.25) is 0 Å². The lowest BCUT2D eigenvalue weighted by atomic mass is 10.2. The molecule has 0 heterocycles. The van der Waals surface area contributed by atoms with Crippen LogP contribution in [0, 0.1) is 5.82 Å². The number of anilines is 1. The molecule has 0 aromatic heterocycles. The Hall–Kier alpha value is -2.25. The smallest absolute Gasteiger partial charge is 0.340 e. The summed E-state index contributed by atoms with van der Waals surface area (Å²) in [4.78, 5) is 24.9. The van der Waals surface area contributed by atoms with Crippen molar-refractivity contribution in [3.63, 3.8) is 0 Å². The number of amides is 1. The van der Waals surface area contributed by atoms with Gasteiger partial charge in [-0.15, -0.1) is 0 Å². The maximum atomic E-state index is 13.1. The van der Waals surface area contributed by atoms with Gasteiger partial charge in [0.05, 0.1) is 26.3 Å². The van der Waals surface area contributed by atoms with E-state index >= 15 is 0 Å². The summed E-state index contributed by atoms with van der Waals surface area (Å²) in [5, 5.41) is 2.35. The van der Waals surface area contributed by atoms with Gasteiger partial charge in [-0.05, 0) is 37.3 Å². The summed E-state index contributed by atoms with van der Waals surface area (Å²) in [6.07, 6.45) is -1.12. The highest BCUT2D eigenvalue weighted by Crippen LogP contribution is 2.20. The molecule has 2 atom stereocenters. The maximum Gasteiger partial charge on any atom is 0.340 e. The molecule has 0 fully saturated rings. The van der Waals surface area contributed by atoms with Gasteiger partial charge in [-0.2, -0.15) is 0 Å². The third-order valence-corrected chi connectivity index (χ3v) is 5.12. The molecule has 0 radical (unpaired) electrons. The summed E-state index contributed by atoms with van der Waals surface area (Å²) in [7, 11) is -1.34. The monoisotopic (exact) mass is 397 g/mol. The molecule has 0 spiro atoms. The van der Waals surface area contributed by atoms with E-state index in [9.17, 15) is 18.2 Å². The number of carbonyl (C=O) groups excluding carboxylic acids is 2. The summed E-state index contributed by atoms with van der Waals surface area (Å²) >= 11 is 5.66. The quantitative estimate of drug-likeness (QED) is 0.753. The summed E-state index contributed by atoms with van der Waals surface area (Å²) in [5.74, 6) is -1.60. The van der Waals surface area contributed by atoms with Gasteiger partial charge in [0, 0.05) is 11.4 Å². The Morgan fingerprint density at radius 3 is 2.62 bits per heavy atom. The fourth-order valence-corrected chi connectivity index (χ4v) is 3.20. The van der Waals surface area contributed by atoms with Crippen molar-refractivity contribution in [3.8, 4) is 0 Å². The fourth-order valence-electron chi connectivity index (χ4n) is 2.08. The fraction of sp³-hybridized carbons (Fsp3) is 0.222. The first-order chi connectivity index (χ1) is 12.3. The summed E-state index contributed by atoms with van der Waals surface area (Å²) in [6.45, 7) is 3.14. The minimum Gasteiger partial charge on any atom is -0.449 e. The van der Waals surface area contributed by atoms with E-state index in [2.05, 4.69) is 5.32 Å². The second-order valence-corrected chi connectivity index (χ2v) is 7.41. The van der Waals surface area contributed by atoms with Crippen LogP contribution < -0.4 is 5.32 Å². The minimum atomic E-state index is -1.34. The predicted molar refractivity (Wildman–Crippen MR) is 98.3 cm³/mol. The number of carbonyl (C=O) groups is 2. The molecule has 5 nitrogen and oxygen atoms in total. The Kier molecular flexibility index (Phi) is 6.88. The average Bonchev–Trinajstić information content (AvgIpc) is 2.63. The van der Waals surface area contributed by atoms with Gasteiger partial charge in [-0.25, -0.2) is 9.18 Å². The Labute approximate surface area is 158 Å². The standard InChI is InChI=1S/C18H17ClFNO4S/c1-3-26(24)16-7-5-4-6-13(16)18(23)25-11(2)17(22)21-12-8-9-15(20)14(19)10-12/h4-11H,3H2,1-2H3,(H,21,22)/t11-,26+/m1/s1. The third-order valence-electron chi connectivity index (χ3n) is 3.45. The largest absolute Gasteiger partial charge is 0.449 e. The molecule has 138 valence electrons. The van der Waals surface area contributed by atoms with E-state index in [0.29, 0.717) is 10.6 Å². The van der Waals surface area contributed by atoms with Crippen LogP contribution in [0.1, 0.15) is 24.2 Å². The van der Waals surface area contributed by atoms with Crippen LogP contribution in [0.4, 0.5) is 10.1 Å². The molecule has 1 N–H and O–H groups in total. The van der Waals surface area contributed by atoms with Gasteiger partial charge in [-0.1, -0.05) is 30.7 Å². The van der Waals surface area contributed by atoms with E-state index in [1.165, 1.54) is 25.1 Å². The van der Waals surface area contributed by atoms with E-state index in [4.69, 9.17) is 16.3 Å². The van der Waals surface area contributed by atoms with E-state index in [0.717, 1.165) is 6.07 Å². The highest BCUT2D eigenvalue weighted by Gasteiger charge is 2.22. The second kappa shape index (κ2) is 8.91. The van der Waals surface area contributed by atoms with Crippen molar-refractivity contribution in [3.05, 3.63) is 58.9 Å². The molecule has 8 heteroatoms. The molecule has 0 aliphatic carbocycles. The average molecular weight is 398 g/mol. The van der Waals surface area contributed by atoms with Gasteiger partial charge >= 0.3 is 5.97 Å². The molecule has 0 saturated carbocycles. The topological polar surface area (TPSA) is 72.5 Å². The minimum absolute atomic E-state index is 0.136. The normalized spacial score (nSPS) is 12.9. The summed E-state index contributed by atoms with van der Waals surface area (Å²) < 4.78 is 30.4. The number of esters is 1. The number of halogens is 2. The number of nitrogens with one attached hydrogen (secondary N) is 1. The molecule has 26 heavy (non-hydrogen) atoms. The van der Waals surface area contributed by atoms with E-state index in [-0.39, 0.29) is 16.3 Å². The SMILES string of the molecule is CC[S@](=O)c1ccccc1C(=O)O[C@H](C)C(=O)Nc1ccc(F)c(Cl)c1. The molecule has 0 bridgehead atoms. The zero-order valence-electron chi connectivity index (χ0n) is 14.1. The first-order valence-corrected chi connectivity index (χ1v) is 9.47. The van der Waals surface area contributed by atoms with Crippen LogP contribution in [0.5, 0.6) is 0 Å². The zero-order valence-corrected chi connectivity index (χ0v) is 15.7. The molecule has 2 rings (SSSR count). The summed E-state index contributed by atoms with van der Waals surface area (Å²) in [6, 6.07) is 10.1. The predicted octanol–water partition coefficient (Wildman–Crippen LogP) is 3.79. The Bertz CT molecular complexity index is 859. The molecule has 0 aliphatic rings. The van der Waals surface area contributed by atoms with Crippen LogP contribution in [-0.2, 0) is 20.3 Å². The van der Waals surface area contributed by atoms with Crippen molar-refractivity contribution in [2.75, 3.05) is 11.1 Å². The van der Waals surface area contributed by atoms with Crippen LogP contribution >= 0.6 is 11.6 Å². The van der Waals surface area contributed by atoms with E-state index in [1.807, 2.05) is 0 Å². The maximum absolute atomic E-state index is 13.1. The summed E-state index contributed by atoms with van der Waals surface area (Å²) in [5.41, 5.74) is 0.425.